The molecular weight excluding hydrogens is 416 g/mol. The van der Waals surface area contributed by atoms with Crippen molar-refractivity contribution < 1.29 is 24.2 Å². The van der Waals surface area contributed by atoms with Gasteiger partial charge in [-0.3, -0.25) is 14.5 Å². The predicted octanol–water partition coefficient (Wildman–Crippen LogP) is 3.86. The summed E-state index contributed by atoms with van der Waals surface area (Å²) in [6.45, 7) is 1.63. The highest BCUT2D eigenvalue weighted by Crippen LogP contribution is 2.43. The standard InChI is InChI=1S/C23H18N2O5S/c1-13-20(22(29)30-2)31-23(24-13)25-17(14-9-5-3-6-10-14)16(19(27)21(25)28)18(26)15-11-7-4-8-12-15/h3-12,17,26H,1-2H3/b18-16+/t17-/m0/s1. The average Bonchev–Trinajstić information content (AvgIpc) is 3.31. The van der Waals surface area contributed by atoms with Crippen LogP contribution < -0.4 is 4.90 Å². The molecule has 1 amide bonds. The number of benzene rings is 2. The van der Waals surface area contributed by atoms with Crippen molar-refractivity contribution in [1.29, 1.82) is 0 Å². The molecule has 31 heavy (non-hydrogen) atoms. The van der Waals surface area contributed by atoms with E-state index in [4.69, 9.17) is 4.74 Å². The molecule has 1 atom stereocenters. The van der Waals surface area contributed by atoms with Gasteiger partial charge in [-0.05, 0) is 12.5 Å². The lowest BCUT2D eigenvalue weighted by molar-refractivity contribution is -0.132. The highest BCUT2D eigenvalue weighted by Gasteiger charge is 2.48. The van der Waals surface area contributed by atoms with Gasteiger partial charge in [0, 0.05) is 5.56 Å². The van der Waals surface area contributed by atoms with Gasteiger partial charge in [-0.1, -0.05) is 72.0 Å². The summed E-state index contributed by atoms with van der Waals surface area (Å²) >= 11 is 0.966. The predicted molar refractivity (Wildman–Crippen MR) is 116 cm³/mol. The largest absolute Gasteiger partial charge is 0.507 e. The van der Waals surface area contributed by atoms with E-state index in [-0.39, 0.29) is 21.3 Å². The highest BCUT2D eigenvalue weighted by molar-refractivity contribution is 7.17. The van der Waals surface area contributed by atoms with Gasteiger partial charge in [0.2, 0.25) is 0 Å². The average molecular weight is 434 g/mol. The molecule has 0 saturated carbocycles. The lowest BCUT2D eigenvalue weighted by Crippen LogP contribution is -2.29. The highest BCUT2D eigenvalue weighted by atomic mass is 32.1. The van der Waals surface area contributed by atoms with Gasteiger partial charge in [-0.25, -0.2) is 9.78 Å². The molecule has 4 rings (SSSR count). The third-order valence-corrected chi connectivity index (χ3v) is 6.11. The van der Waals surface area contributed by atoms with Crippen molar-refractivity contribution in [1.82, 2.24) is 4.98 Å². The molecule has 1 aromatic heterocycles. The second kappa shape index (κ2) is 8.16. The topological polar surface area (TPSA) is 96.8 Å². The van der Waals surface area contributed by atoms with Crippen LogP contribution in [0.5, 0.6) is 0 Å². The summed E-state index contributed by atoms with van der Waals surface area (Å²) in [5, 5.41) is 11.2. The van der Waals surface area contributed by atoms with E-state index in [1.54, 1.807) is 61.5 Å². The Kier molecular flexibility index (Phi) is 5.39. The number of carbonyl (C=O) groups is 3. The Balaban J connectivity index is 1.93. The van der Waals surface area contributed by atoms with E-state index in [9.17, 15) is 19.5 Å². The minimum atomic E-state index is -0.891. The smallest absolute Gasteiger partial charge is 0.350 e. The second-order valence-corrected chi connectivity index (χ2v) is 7.83. The molecule has 0 aliphatic carbocycles. The monoisotopic (exact) mass is 434 g/mol. The number of ether oxygens (including phenoxy) is 1. The van der Waals surface area contributed by atoms with E-state index in [0.29, 0.717) is 16.8 Å². The molecule has 7 nitrogen and oxygen atoms in total. The van der Waals surface area contributed by atoms with Crippen molar-refractivity contribution in [3.63, 3.8) is 0 Å². The molecule has 3 aromatic rings. The Morgan fingerprint density at radius 2 is 1.68 bits per heavy atom. The zero-order valence-electron chi connectivity index (χ0n) is 16.7. The minimum Gasteiger partial charge on any atom is -0.507 e. The Hall–Kier alpha value is -3.78. The van der Waals surface area contributed by atoms with Gasteiger partial charge in [0.1, 0.15) is 10.6 Å². The molecule has 156 valence electrons. The number of Topliss-reactive ketones (excluding diaryl/α,β-unsaturated/α-hetero) is 1. The van der Waals surface area contributed by atoms with Crippen LogP contribution in [0, 0.1) is 6.92 Å². The number of methoxy groups -OCH3 is 1. The van der Waals surface area contributed by atoms with E-state index in [2.05, 4.69) is 4.98 Å². The lowest BCUT2D eigenvalue weighted by atomic mass is 9.95. The van der Waals surface area contributed by atoms with E-state index in [1.807, 2.05) is 6.07 Å². The summed E-state index contributed by atoms with van der Waals surface area (Å²) in [5.41, 5.74) is 1.41. The maximum Gasteiger partial charge on any atom is 0.350 e. The van der Waals surface area contributed by atoms with Gasteiger partial charge in [0.25, 0.3) is 5.78 Å². The number of esters is 1. The molecule has 1 aliphatic heterocycles. The molecule has 0 unspecified atom stereocenters. The van der Waals surface area contributed by atoms with Gasteiger partial charge in [0.15, 0.2) is 5.13 Å². The SMILES string of the molecule is COC(=O)c1sc(N2C(=O)C(=O)/C(=C(/O)c3ccccc3)[C@@H]2c2ccccc2)nc1C. The number of rotatable bonds is 4. The van der Waals surface area contributed by atoms with Crippen LogP contribution in [0.1, 0.15) is 32.5 Å². The third-order valence-electron chi connectivity index (χ3n) is 4.97. The van der Waals surface area contributed by atoms with E-state index in [0.717, 1.165) is 11.3 Å². The molecule has 2 aromatic carbocycles. The van der Waals surface area contributed by atoms with Gasteiger partial charge in [0.05, 0.1) is 24.4 Å². The van der Waals surface area contributed by atoms with Crippen molar-refractivity contribution in [2.75, 3.05) is 12.0 Å². The Morgan fingerprint density at radius 1 is 1.06 bits per heavy atom. The van der Waals surface area contributed by atoms with Gasteiger partial charge >= 0.3 is 11.9 Å². The number of carbonyl (C=O) groups excluding carboxylic acids is 3. The number of aryl methyl sites for hydroxylation is 1. The zero-order valence-corrected chi connectivity index (χ0v) is 17.6. The minimum absolute atomic E-state index is 0.0325. The van der Waals surface area contributed by atoms with Crippen LogP contribution in [0.2, 0.25) is 0 Å². The lowest BCUT2D eigenvalue weighted by Gasteiger charge is -2.22. The first-order valence-electron chi connectivity index (χ1n) is 9.41. The molecular formula is C23H18N2O5S. The Labute approximate surface area is 182 Å². The quantitative estimate of drug-likeness (QED) is 0.290. The van der Waals surface area contributed by atoms with Crippen LogP contribution in [0.15, 0.2) is 66.2 Å². The number of ketones is 1. The first-order chi connectivity index (χ1) is 14.9. The van der Waals surface area contributed by atoms with Crippen molar-refractivity contribution >= 4 is 39.9 Å². The maximum atomic E-state index is 13.1. The van der Waals surface area contributed by atoms with E-state index in [1.165, 1.54) is 12.0 Å². The van der Waals surface area contributed by atoms with Crippen LogP contribution in [0.3, 0.4) is 0 Å². The van der Waals surface area contributed by atoms with E-state index >= 15 is 0 Å². The van der Waals surface area contributed by atoms with Gasteiger partial charge in [-0.2, -0.15) is 0 Å². The third kappa shape index (κ3) is 3.51. The number of aromatic nitrogens is 1. The van der Waals surface area contributed by atoms with Crippen LogP contribution in [0.4, 0.5) is 5.13 Å². The van der Waals surface area contributed by atoms with Gasteiger partial charge < -0.3 is 9.84 Å². The van der Waals surface area contributed by atoms with Crippen molar-refractivity contribution in [2.24, 2.45) is 0 Å². The molecule has 1 N–H and O–H groups in total. The number of aliphatic hydroxyl groups is 1. The zero-order chi connectivity index (χ0) is 22.1. The Bertz CT molecular complexity index is 1200. The number of hydrogen-bond donors (Lipinski definition) is 1. The summed E-state index contributed by atoms with van der Waals surface area (Å²) in [6, 6.07) is 16.6. The van der Waals surface area contributed by atoms with Crippen LogP contribution in [-0.4, -0.2) is 34.9 Å². The summed E-state index contributed by atoms with van der Waals surface area (Å²) < 4.78 is 4.78. The number of hydrogen-bond acceptors (Lipinski definition) is 7. The normalized spacial score (nSPS) is 17.7. The van der Waals surface area contributed by atoms with Crippen molar-refractivity contribution in [3.05, 3.63) is 87.9 Å². The fourth-order valence-corrected chi connectivity index (χ4v) is 4.51. The van der Waals surface area contributed by atoms with Crippen LogP contribution in [0.25, 0.3) is 5.76 Å². The molecule has 0 bridgehead atoms. The fourth-order valence-electron chi connectivity index (χ4n) is 3.50. The van der Waals surface area contributed by atoms with Crippen LogP contribution >= 0.6 is 11.3 Å². The summed E-state index contributed by atoms with van der Waals surface area (Å²) in [7, 11) is 1.26. The molecule has 0 spiro atoms. The molecule has 0 radical (unpaired) electrons. The second-order valence-electron chi connectivity index (χ2n) is 6.85. The number of anilines is 1. The van der Waals surface area contributed by atoms with E-state index < -0.39 is 23.7 Å². The first-order valence-corrected chi connectivity index (χ1v) is 10.2. The molecule has 1 fully saturated rings. The first kappa shape index (κ1) is 20.5. The van der Waals surface area contributed by atoms with Crippen LogP contribution in [-0.2, 0) is 14.3 Å². The summed E-state index contributed by atoms with van der Waals surface area (Å²) in [5.74, 6) is -2.48. The molecule has 8 heteroatoms. The van der Waals surface area contributed by atoms with Gasteiger partial charge in [-0.15, -0.1) is 0 Å². The maximum absolute atomic E-state index is 13.1. The number of nitrogens with zero attached hydrogens (tertiary/aromatic N) is 2. The van der Waals surface area contributed by atoms with Crippen molar-refractivity contribution in [3.8, 4) is 0 Å². The number of thiazole rings is 1. The number of amides is 1. The fraction of sp³-hybridized carbons (Fsp3) is 0.130. The molecule has 1 aliphatic rings. The molecule has 1 saturated heterocycles. The summed E-state index contributed by atoms with van der Waals surface area (Å²) in [6.07, 6.45) is 0. The summed E-state index contributed by atoms with van der Waals surface area (Å²) in [4.78, 5) is 44.0. The number of aliphatic hydroxyl groups excluding tert-OH is 1. The van der Waals surface area contributed by atoms with Crippen molar-refractivity contribution in [2.45, 2.75) is 13.0 Å². The molecule has 2 heterocycles. The Morgan fingerprint density at radius 3 is 2.29 bits per heavy atom.